The molecule has 0 unspecified atom stereocenters. The Morgan fingerprint density at radius 1 is 1.24 bits per heavy atom. The summed E-state index contributed by atoms with van der Waals surface area (Å²) in [6.45, 7) is 0.767. The predicted octanol–water partition coefficient (Wildman–Crippen LogP) is 4.76. The molecule has 1 heterocycles. The minimum atomic E-state index is 0.653. The van der Waals surface area contributed by atoms with Crippen molar-refractivity contribution in [1.29, 1.82) is 5.26 Å². The van der Waals surface area contributed by atoms with Crippen molar-refractivity contribution >= 4 is 48.9 Å². The van der Waals surface area contributed by atoms with Crippen LogP contribution in [-0.2, 0) is 6.54 Å². The number of halogens is 2. The van der Waals surface area contributed by atoms with Crippen LogP contribution in [0.3, 0.4) is 0 Å². The highest BCUT2D eigenvalue weighted by Crippen LogP contribution is 2.27. The molecule has 0 saturated carbocycles. The maximum Gasteiger partial charge on any atom is 0.0992 e. The number of nitrogens with zero attached hydrogens (tertiary/aromatic N) is 1. The number of anilines is 1. The summed E-state index contributed by atoms with van der Waals surface area (Å²) >= 11 is 8.65. The molecule has 0 radical (unpaired) electrons. The molecule has 0 amide bonds. The largest absolute Gasteiger partial charge is 0.379 e. The second kappa shape index (κ2) is 5.67. The molecule has 5 heteroatoms. The number of hydrogen-bond acceptors (Lipinski definition) is 3. The molecule has 0 aliphatic carbocycles. The number of nitriles is 1. The van der Waals surface area contributed by atoms with Gasteiger partial charge in [0.25, 0.3) is 0 Å². The number of hydrogen-bond donors (Lipinski definition) is 1. The van der Waals surface area contributed by atoms with Gasteiger partial charge in [-0.1, -0.05) is 0 Å². The monoisotopic (exact) mass is 370 g/mol. The number of rotatable bonds is 3. The molecule has 2 aromatic rings. The highest BCUT2D eigenvalue weighted by Gasteiger charge is 2.04. The topological polar surface area (TPSA) is 35.8 Å². The molecule has 0 aliphatic heterocycles. The third-order valence-electron chi connectivity index (χ3n) is 2.23. The Balaban J connectivity index is 2.10. The normalized spacial score (nSPS) is 9.94. The van der Waals surface area contributed by atoms with E-state index in [2.05, 4.69) is 48.6 Å². The average molecular weight is 372 g/mol. The van der Waals surface area contributed by atoms with Crippen LogP contribution in [0, 0.1) is 11.3 Å². The van der Waals surface area contributed by atoms with Gasteiger partial charge in [0.05, 0.1) is 18.2 Å². The van der Waals surface area contributed by atoms with Crippen LogP contribution < -0.4 is 5.32 Å². The van der Waals surface area contributed by atoms with E-state index >= 15 is 0 Å². The third kappa shape index (κ3) is 3.09. The smallest absolute Gasteiger partial charge is 0.0992 e. The summed E-state index contributed by atoms with van der Waals surface area (Å²) in [6, 6.07) is 9.67. The lowest BCUT2D eigenvalue weighted by Gasteiger charge is -2.07. The van der Waals surface area contributed by atoms with Gasteiger partial charge in [-0.05, 0) is 61.5 Å². The van der Waals surface area contributed by atoms with Gasteiger partial charge in [0, 0.05) is 19.5 Å². The molecule has 0 aliphatic rings. The Hall–Kier alpha value is -0.830. The zero-order chi connectivity index (χ0) is 12.3. The fourth-order valence-electron chi connectivity index (χ4n) is 1.35. The molecule has 0 bridgehead atoms. The van der Waals surface area contributed by atoms with Gasteiger partial charge in [-0.25, -0.2) is 0 Å². The first-order valence-corrected chi connectivity index (χ1v) is 7.32. The van der Waals surface area contributed by atoms with E-state index in [4.69, 9.17) is 5.26 Å². The van der Waals surface area contributed by atoms with Crippen molar-refractivity contribution in [3.05, 3.63) is 49.0 Å². The SMILES string of the molecule is N#Cc1ccc(NCc2sccc2Br)c(Br)c1. The van der Waals surface area contributed by atoms with E-state index in [9.17, 15) is 0 Å². The van der Waals surface area contributed by atoms with Gasteiger partial charge in [0.2, 0.25) is 0 Å². The van der Waals surface area contributed by atoms with Crippen LogP contribution in [0.4, 0.5) is 5.69 Å². The van der Waals surface area contributed by atoms with Crippen molar-refractivity contribution in [2.45, 2.75) is 6.54 Å². The highest BCUT2D eigenvalue weighted by atomic mass is 79.9. The lowest BCUT2D eigenvalue weighted by Crippen LogP contribution is -1.98. The van der Waals surface area contributed by atoms with Crippen molar-refractivity contribution in [2.75, 3.05) is 5.32 Å². The summed E-state index contributed by atoms with van der Waals surface area (Å²) in [5, 5.41) is 14.2. The fraction of sp³-hybridized carbons (Fsp3) is 0.0833. The van der Waals surface area contributed by atoms with Crippen molar-refractivity contribution in [3.8, 4) is 6.07 Å². The summed E-state index contributed by atoms with van der Waals surface area (Å²) in [7, 11) is 0. The second-order valence-corrected chi connectivity index (χ2v) is 6.06. The summed E-state index contributed by atoms with van der Waals surface area (Å²) in [6.07, 6.45) is 0. The highest BCUT2D eigenvalue weighted by molar-refractivity contribution is 9.11. The van der Waals surface area contributed by atoms with Gasteiger partial charge in [-0.3, -0.25) is 0 Å². The van der Waals surface area contributed by atoms with Gasteiger partial charge < -0.3 is 5.32 Å². The Bertz CT molecular complexity index is 572. The molecule has 2 nitrogen and oxygen atoms in total. The van der Waals surface area contributed by atoms with Crippen LogP contribution in [0.25, 0.3) is 0 Å². The van der Waals surface area contributed by atoms with Crippen LogP contribution in [0.1, 0.15) is 10.4 Å². The van der Waals surface area contributed by atoms with Gasteiger partial charge in [0.15, 0.2) is 0 Å². The summed E-state index contributed by atoms with van der Waals surface area (Å²) in [5.74, 6) is 0. The Labute approximate surface area is 121 Å². The molecule has 0 atom stereocenters. The van der Waals surface area contributed by atoms with Gasteiger partial charge in [-0.2, -0.15) is 5.26 Å². The van der Waals surface area contributed by atoms with Crippen molar-refractivity contribution in [3.63, 3.8) is 0 Å². The molecule has 0 fully saturated rings. The first-order valence-electron chi connectivity index (χ1n) is 4.86. The maximum absolute atomic E-state index is 8.77. The first-order chi connectivity index (χ1) is 8.20. The van der Waals surface area contributed by atoms with Crippen molar-refractivity contribution < 1.29 is 0 Å². The molecule has 1 aromatic heterocycles. The fourth-order valence-corrected chi connectivity index (χ4v) is 3.31. The lowest BCUT2D eigenvalue weighted by molar-refractivity contribution is 1.18. The van der Waals surface area contributed by atoms with E-state index < -0.39 is 0 Å². The first kappa shape index (κ1) is 12.6. The Morgan fingerprint density at radius 3 is 2.65 bits per heavy atom. The van der Waals surface area contributed by atoms with Gasteiger partial charge >= 0.3 is 0 Å². The van der Waals surface area contributed by atoms with E-state index in [1.165, 1.54) is 4.88 Å². The Morgan fingerprint density at radius 2 is 2.06 bits per heavy atom. The maximum atomic E-state index is 8.77. The lowest BCUT2D eigenvalue weighted by atomic mass is 10.2. The van der Waals surface area contributed by atoms with Crippen LogP contribution in [0.15, 0.2) is 38.6 Å². The molecule has 0 saturated heterocycles. The van der Waals surface area contributed by atoms with E-state index in [0.29, 0.717) is 5.56 Å². The summed E-state index contributed by atoms with van der Waals surface area (Å²) < 4.78 is 2.03. The van der Waals surface area contributed by atoms with E-state index in [1.54, 1.807) is 17.4 Å². The number of benzene rings is 1. The van der Waals surface area contributed by atoms with Gasteiger partial charge in [-0.15, -0.1) is 11.3 Å². The van der Waals surface area contributed by atoms with Crippen LogP contribution in [-0.4, -0.2) is 0 Å². The molecular formula is C12H8Br2N2S. The van der Waals surface area contributed by atoms with Crippen LogP contribution in [0.5, 0.6) is 0 Å². The second-order valence-electron chi connectivity index (χ2n) is 3.35. The van der Waals surface area contributed by atoms with E-state index in [0.717, 1.165) is 21.2 Å². The van der Waals surface area contributed by atoms with E-state index in [1.807, 2.05) is 18.2 Å². The van der Waals surface area contributed by atoms with Gasteiger partial charge in [0.1, 0.15) is 0 Å². The molecular weight excluding hydrogens is 364 g/mol. The van der Waals surface area contributed by atoms with E-state index in [-0.39, 0.29) is 0 Å². The van der Waals surface area contributed by atoms with Crippen LogP contribution >= 0.6 is 43.2 Å². The summed E-state index contributed by atoms with van der Waals surface area (Å²) in [5.41, 5.74) is 1.64. The molecule has 2 rings (SSSR count). The zero-order valence-electron chi connectivity index (χ0n) is 8.71. The molecule has 0 spiro atoms. The number of thiophene rings is 1. The quantitative estimate of drug-likeness (QED) is 0.844. The minimum absolute atomic E-state index is 0.653. The molecule has 1 aromatic carbocycles. The third-order valence-corrected chi connectivity index (χ3v) is 4.81. The predicted molar refractivity (Wildman–Crippen MR) is 78.2 cm³/mol. The zero-order valence-corrected chi connectivity index (χ0v) is 12.7. The molecule has 17 heavy (non-hydrogen) atoms. The molecule has 1 N–H and O–H groups in total. The Kier molecular flexibility index (Phi) is 4.21. The van der Waals surface area contributed by atoms with Crippen molar-refractivity contribution in [1.82, 2.24) is 0 Å². The minimum Gasteiger partial charge on any atom is -0.379 e. The standard InChI is InChI=1S/C12H8Br2N2S/c13-9-3-4-17-12(9)7-16-11-2-1-8(6-15)5-10(11)14/h1-5,16H,7H2. The molecule has 86 valence electrons. The van der Waals surface area contributed by atoms with Crippen molar-refractivity contribution in [2.24, 2.45) is 0 Å². The average Bonchev–Trinajstić information content (AvgIpc) is 2.73. The van der Waals surface area contributed by atoms with Crippen LogP contribution in [0.2, 0.25) is 0 Å². The summed E-state index contributed by atoms with van der Waals surface area (Å²) in [4.78, 5) is 1.25. The number of nitrogens with one attached hydrogen (secondary N) is 1.